The van der Waals surface area contributed by atoms with Gasteiger partial charge in [0, 0.05) is 30.9 Å². The second kappa shape index (κ2) is 4.31. The van der Waals surface area contributed by atoms with Crippen molar-refractivity contribution in [2.24, 2.45) is 30.5 Å². The van der Waals surface area contributed by atoms with Crippen LogP contribution in [0.15, 0.2) is 6.20 Å². The summed E-state index contributed by atoms with van der Waals surface area (Å²) in [5.74, 6) is 3.52. The molecule has 4 aliphatic rings. The van der Waals surface area contributed by atoms with E-state index in [-0.39, 0.29) is 6.54 Å². The van der Waals surface area contributed by atoms with Crippen LogP contribution in [-0.4, -0.2) is 21.2 Å². The fraction of sp³-hybridized carbons (Fsp3) is 0.812. The van der Waals surface area contributed by atoms with Gasteiger partial charge >= 0.3 is 0 Å². The number of imidazole rings is 1. The average molecular weight is 275 g/mol. The van der Waals surface area contributed by atoms with E-state index in [4.69, 9.17) is 5.73 Å². The molecule has 5 rings (SSSR count). The predicted molar refractivity (Wildman–Crippen MR) is 77.1 cm³/mol. The van der Waals surface area contributed by atoms with E-state index in [0.29, 0.717) is 5.41 Å². The Kier molecular flexibility index (Phi) is 2.77. The summed E-state index contributed by atoms with van der Waals surface area (Å²) >= 11 is 0. The fourth-order valence-electron chi connectivity index (χ4n) is 5.76. The maximum Gasteiger partial charge on any atom is 0.138 e. The lowest BCUT2D eigenvalue weighted by Gasteiger charge is -2.56. The van der Waals surface area contributed by atoms with E-state index in [1.54, 1.807) is 0 Å². The largest absolute Gasteiger partial charge is 0.384 e. The molecule has 1 aromatic heterocycles. The summed E-state index contributed by atoms with van der Waals surface area (Å²) in [6.45, 7) is 0.241. The van der Waals surface area contributed by atoms with Gasteiger partial charge in [-0.2, -0.15) is 0 Å². The van der Waals surface area contributed by atoms with E-state index in [0.717, 1.165) is 23.6 Å². The van der Waals surface area contributed by atoms with Gasteiger partial charge in [-0.3, -0.25) is 0 Å². The molecule has 4 fully saturated rings. The molecule has 1 aromatic rings. The van der Waals surface area contributed by atoms with Crippen molar-refractivity contribution >= 4 is 0 Å². The van der Waals surface area contributed by atoms with Gasteiger partial charge in [-0.05, 0) is 56.3 Å². The highest BCUT2D eigenvalue weighted by atomic mass is 16.3. The summed E-state index contributed by atoms with van der Waals surface area (Å²) in [4.78, 5) is 4.48. The van der Waals surface area contributed by atoms with Crippen LogP contribution in [0.5, 0.6) is 0 Å². The Morgan fingerprint density at radius 1 is 1.30 bits per heavy atom. The van der Waals surface area contributed by atoms with Crippen LogP contribution >= 0.6 is 0 Å². The highest BCUT2D eigenvalue weighted by Gasteiger charge is 2.52. The van der Waals surface area contributed by atoms with Gasteiger partial charge in [-0.25, -0.2) is 4.98 Å². The number of aliphatic hydroxyl groups is 1. The topological polar surface area (TPSA) is 64.1 Å². The Balaban J connectivity index is 1.72. The summed E-state index contributed by atoms with van der Waals surface area (Å²) in [6, 6.07) is 0. The SMILES string of the molecule is Cn1c(C23CC4CC(CC(C4)C2)C3)cnc1C(O)CN. The lowest BCUT2D eigenvalue weighted by atomic mass is 9.49. The second-order valence-electron chi connectivity index (χ2n) is 7.51. The minimum atomic E-state index is -0.636. The van der Waals surface area contributed by atoms with E-state index >= 15 is 0 Å². The molecular formula is C16H25N3O. The molecule has 0 radical (unpaired) electrons. The van der Waals surface area contributed by atoms with Crippen LogP contribution < -0.4 is 5.73 Å². The number of nitrogens with zero attached hydrogens (tertiary/aromatic N) is 2. The van der Waals surface area contributed by atoms with Crippen molar-refractivity contribution < 1.29 is 5.11 Å². The first-order valence-corrected chi connectivity index (χ1v) is 8.01. The van der Waals surface area contributed by atoms with Crippen LogP contribution in [0.3, 0.4) is 0 Å². The van der Waals surface area contributed by atoms with Crippen LogP contribution in [0.2, 0.25) is 0 Å². The summed E-state index contributed by atoms with van der Waals surface area (Å²) in [7, 11) is 2.05. The number of aromatic nitrogens is 2. The van der Waals surface area contributed by atoms with Crippen molar-refractivity contribution in [3.63, 3.8) is 0 Å². The molecule has 4 saturated carbocycles. The first-order valence-electron chi connectivity index (χ1n) is 8.01. The zero-order valence-corrected chi connectivity index (χ0v) is 12.3. The van der Waals surface area contributed by atoms with Crippen molar-refractivity contribution in [1.82, 2.24) is 9.55 Å². The Morgan fingerprint density at radius 3 is 2.35 bits per heavy atom. The molecule has 3 N–H and O–H groups in total. The second-order valence-corrected chi connectivity index (χ2v) is 7.51. The quantitative estimate of drug-likeness (QED) is 0.885. The van der Waals surface area contributed by atoms with Gasteiger partial charge < -0.3 is 15.4 Å². The molecular weight excluding hydrogens is 250 g/mol. The molecule has 4 heteroatoms. The molecule has 1 unspecified atom stereocenters. The highest BCUT2D eigenvalue weighted by Crippen LogP contribution is 2.60. The van der Waals surface area contributed by atoms with Crippen molar-refractivity contribution in [3.8, 4) is 0 Å². The molecule has 20 heavy (non-hydrogen) atoms. The highest BCUT2D eigenvalue weighted by molar-refractivity contribution is 5.24. The summed E-state index contributed by atoms with van der Waals surface area (Å²) in [6.07, 6.45) is 9.73. The van der Waals surface area contributed by atoms with Gasteiger partial charge in [-0.15, -0.1) is 0 Å². The maximum atomic E-state index is 10.00. The lowest BCUT2D eigenvalue weighted by Crippen LogP contribution is -2.49. The van der Waals surface area contributed by atoms with Crippen LogP contribution in [0.25, 0.3) is 0 Å². The van der Waals surface area contributed by atoms with E-state index < -0.39 is 6.10 Å². The van der Waals surface area contributed by atoms with Crippen LogP contribution in [-0.2, 0) is 12.5 Å². The zero-order chi connectivity index (χ0) is 13.9. The average Bonchev–Trinajstić information content (AvgIpc) is 2.79. The maximum absolute atomic E-state index is 10.00. The molecule has 110 valence electrons. The van der Waals surface area contributed by atoms with E-state index in [1.807, 2.05) is 6.20 Å². The summed E-state index contributed by atoms with van der Waals surface area (Å²) in [5.41, 5.74) is 7.27. The number of hydrogen-bond acceptors (Lipinski definition) is 3. The molecule has 0 amide bonds. The monoisotopic (exact) mass is 275 g/mol. The molecule has 0 aromatic carbocycles. The van der Waals surface area contributed by atoms with Gasteiger partial charge in [0.25, 0.3) is 0 Å². The molecule has 4 bridgehead atoms. The van der Waals surface area contributed by atoms with Gasteiger partial charge in [0.05, 0.1) is 0 Å². The summed E-state index contributed by atoms with van der Waals surface area (Å²) < 4.78 is 2.13. The summed E-state index contributed by atoms with van der Waals surface area (Å²) in [5, 5.41) is 10.00. The van der Waals surface area contributed by atoms with Crippen molar-refractivity contribution in [3.05, 3.63) is 17.7 Å². The van der Waals surface area contributed by atoms with Crippen molar-refractivity contribution in [1.29, 1.82) is 0 Å². The normalized spacial score (nSPS) is 40.2. The zero-order valence-electron chi connectivity index (χ0n) is 12.3. The smallest absolute Gasteiger partial charge is 0.138 e. The lowest BCUT2D eigenvalue weighted by molar-refractivity contribution is -0.00872. The Labute approximate surface area is 120 Å². The Hall–Kier alpha value is -0.870. The number of rotatable bonds is 3. The Morgan fingerprint density at radius 2 is 1.85 bits per heavy atom. The molecule has 1 heterocycles. The molecule has 1 atom stereocenters. The van der Waals surface area contributed by atoms with Crippen LogP contribution in [0, 0.1) is 17.8 Å². The minimum absolute atomic E-state index is 0.241. The molecule has 0 spiro atoms. The predicted octanol–water partition coefficient (Wildman–Crippen LogP) is 1.88. The third kappa shape index (κ3) is 1.70. The number of nitrogens with two attached hydrogens (primary N) is 1. The molecule has 4 aliphatic carbocycles. The Bertz CT molecular complexity index is 487. The first kappa shape index (κ1) is 12.8. The number of aliphatic hydroxyl groups excluding tert-OH is 1. The van der Waals surface area contributed by atoms with Gasteiger partial charge in [0.1, 0.15) is 11.9 Å². The van der Waals surface area contributed by atoms with E-state index in [2.05, 4.69) is 16.6 Å². The van der Waals surface area contributed by atoms with E-state index in [1.165, 1.54) is 44.2 Å². The molecule has 0 aliphatic heterocycles. The van der Waals surface area contributed by atoms with Crippen molar-refractivity contribution in [2.45, 2.75) is 50.0 Å². The third-order valence-corrected chi connectivity index (χ3v) is 6.13. The van der Waals surface area contributed by atoms with Gasteiger partial charge in [0.15, 0.2) is 0 Å². The number of hydrogen-bond donors (Lipinski definition) is 2. The third-order valence-electron chi connectivity index (χ3n) is 6.13. The molecule has 4 nitrogen and oxygen atoms in total. The standard InChI is InChI=1S/C16H25N3O/c1-19-14(9-18-15(19)13(20)8-17)16-5-10-2-11(6-16)4-12(3-10)7-16/h9-13,20H,2-8,17H2,1H3. The van der Waals surface area contributed by atoms with E-state index in [9.17, 15) is 5.11 Å². The fourth-order valence-corrected chi connectivity index (χ4v) is 5.76. The van der Waals surface area contributed by atoms with Crippen molar-refractivity contribution in [2.75, 3.05) is 6.54 Å². The molecule has 0 saturated heterocycles. The first-order chi connectivity index (χ1) is 9.61. The van der Waals surface area contributed by atoms with Crippen LogP contribution in [0.4, 0.5) is 0 Å². The van der Waals surface area contributed by atoms with Gasteiger partial charge in [0.2, 0.25) is 0 Å². The van der Waals surface area contributed by atoms with Gasteiger partial charge in [-0.1, -0.05) is 0 Å². The van der Waals surface area contributed by atoms with Crippen LogP contribution in [0.1, 0.15) is 56.1 Å². The minimum Gasteiger partial charge on any atom is -0.384 e.